The molecule has 1 amide bonds. The maximum Gasteiger partial charge on any atom is 0.274 e. The van der Waals surface area contributed by atoms with Gasteiger partial charge in [-0.15, -0.1) is 0 Å². The van der Waals surface area contributed by atoms with Crippen LogP contribution in [0, 0.1) is 5.41 Å². The van der Waals surface area contributed by atoms with E-state index in [1.165, 1.54) is 0 Å². The predicted octanol–water partition coefficient (Wildman–Crippen LogP) is 5.80. The van der Waals surface area contributed by atoms with Crippen molar-refractivity contribution in [3.8, 4) is 5.75 Å². The van der Waals surface area contributed by atoms with Gasteiger partial charge in [0.15, 0.2) is 0 Å². The van der Waals surface area contributed by atoms with E-state index in [9.17, 15) is 9.90 Å². The lowest BCUT2D eigenvalue weighted by atomic mass is 9.84. The second-order valence-corrected chi connectivity index (χ2v) is 8.78. The van der Waals surface area contributed by atoms with E-state index in [0.717, 1.165) is 12.8 Å². The quantitative estimate of drug-likeness (QED) is 0.335. The number of anilines is 4. The van der Waals surface area contributed by atoms with Crippen LogP contribution < -0.4 is 16.0 Å². The third-order valence-corrected chi connectivity index (χ3v) is 5.09. The zero-order valence-electron chi connectivity index (χ0n) is 19.0. The number of nitrogens with one attached hydrogen (secondary N) is 3. The Morgan fingerprint density at radius 1 is 1.03 bits per heavy atom. The van der Waals surface area contributed by atoms with Gasteiger partial charge in [-0.3, -0.25) is 4.79 Å². The normalized spacial score (nSPS) is 12.1. The minimum Gasteiger partial charge on any atom is -0.506 e. The van der Waals surface area contributed by atoms with Crippen molar-refractivity contribution in [2.45, 2.75) is 46.6 Å². The van der Waals surface area contributed by atoms with Gasteiger partial charge in [0.2, 0.25) is 5.95 Å². The number of phenolic OH excluding ortho intramolecular Hbond substituents is 1. The standard InChI is InChI=1S/C25H31N5O2/c1-5-11-21(25(2,3)4)29-22-16-19(23(32)26-17-12-7-6-8-13-17)28-24(30-22)27-18-14-9-10-15-20(18)31/h6-10,12-16,21,31H,5,11H2,1-4H3,(H,26,32)(H2,27,28,29,30). The van der Waals surface area contributed by atoms with Crippen LogP contribution >= 0.6 is 0 Å². The Balaban J connectivity index is 1.95. The molecule has 2 aromatic carbocycles. The van der Waals surface area contributed by atoms with Gasteiger partial charge in [0.05, 0.1) is 5.69 Å². The first-order valence-electron chi connectivity index (χ1n) is 10.8. The van der Waals surface area contributed by atoms with E-state index < -0.39 is 0 Å². The van der Waals surface area contributed by atoms with Crippen LogP contribution in [0.1, 0.15) is 51.0 Å². The molecule has 7 nitrogen and oxygen atoms in total. The predicted molar refractivity (Wildman–Crippen MR) is 130 cm³/mol. The van der Waals surface area contributed by atoms with Crippen LogP contribution in [0.5, 0.6) is 5.75 Å². The van der Waals surface area contributed by atoms with Gasteiger partial charge < -0.3 is 21.1 Å². The van der Waals surface area contributed by atoms with Crippen molar-refractivity contribution in [2.75, 3.05) is 16.0 Å². The molecule has 1 unspecified atom stereocenters. The van der Waals surface area contributed by atoms with Gasteiger partial charge in [0, 0.05) is 17.8 Å². The molecule has 3 rings (SSSR count). The Bertz CT molecular complexity index is 1050. The summed E-state index contributed by atoms with van der Waals surface area (Å²) in [4.78, 5) is 21.9. The summed E-state index contributed by atoms with van der Waals surface area (Å²) in [5.41, 5.74) is 1.35. The van der Waals surface area contributed by atoms with Gasteiger partial charge in [0.1, 0.15) is 17.3 Å². The van der Waals surface area contributed by atoms with E-state index in [1.807, 2.05) is 30.3 Å². The number of aromatic hydroxyl groups is 1. The summed E-state index contributed by atoms with van der Waals surface area (Å²) < 4.78 is 0. The number of carbonyl (C=O) groups is 1. The van der Waals surface area contributed by atoms with Gasteiger partial charge in [-0.05, 0) is 36.1 Å². The molecule has 32 heavy (non-hydrogen) atoms. The minimum absolute atomic E-state index is 0.00128. The van der Waals surface area contributed by atoms with Gasteiger partial charge in [-0.25, -0.2) is 4.98 Å². The second kappa shape index (κ2) is 10.1. The molecule has 0 aliphatic carbocycles. The molecule has 1 aromatic heterocycles. The van der Waals surface area contributed by atoms with E-state index in [0.29, 0.717) is 17.2 Å². The average Bonchev–Trinajstić information content (AvgIpc) is 2.75. The third kappa shape index (κ3) is 6.20. The highest BCUT2D eigenvalue weighted by Gasteiger charge is 2.25. The summed E-state index contributed by atoms with van der Waals surface area (Å²) in [6.45, 7) is 8.66. The summed E-state index contributed by atoms with van der Waals surface area (Å²) in [6, 6.07) is 17.9. The highest BCUT2D eigenvalue weighted by molar-refractivity contribution is 6.03. The number of carbonyl (C=O) groups excluding carboxylic acids is 1. The lowest BCUT2D eigenvalue weighted by molar-refractivity contribution is 0.102. The molecule has 1 atom stereocenters. The smallest absolute Gasteiger partial charge is 0.274 e. The van der Waals surface area contributed by atoms with E-state index in [2.05, 4.69) is 53.6 Å². The average molecular weight is 434 g/mol. The highest BCUT2D eigenvalue weighted by atomic mass is 16.3. The molecule has 0 aliphatic rings. The van der Waals surface area contributed by atoms with Crippen LogP contribution in [0.3, 0.4) is 0 Å². The zero-order chi connectivity index (χ0) is 23.1. The number of amides is 1. The molecule has 7 heteroatoms. The largest absolute Gasteiger partial charge is 0.506 e. The van der Waals surface area contributed by atoms with Gasteiger partial charge in [-0.1, -0.05) is 64.4 Å². The Kier molecular flexibility index (Phi) is 7.30. The highest BCUT2D eigenvalue weighted by Crippen LogP contribution is 2.28. The van der Waals surface area contributed by atoms with Gasteiger partial charge in [-0.2, -0.15) is 4.98 Å². The number of para-hydroxylation sites is 3. The fourth-order valence-corrected chi connectivity index (χ4v) is 3.30. The van der Waals surface area contributed by atoms with Crippen LogP contribution in [0.15, 0.2) is 60.7 Å². The Morgan fingerprint density at radius 2 is 1.72 bits per heavy atom. The molecule has 4 N–H and O–H groups in total. The molecular formula is C25H31N5O2. The lowest BCUT2D eigenvalue weighted by Gasteiger charge is -2.32. The third-order valence-electron chi connectivity index (χ3n) is 5.09. The van der Waals surface area contributed by atoms with Crippen molar-refractivity contribution >= 4 is 29.0 Å². The SMILES string of the molecule is CCCC(Nc1cc(C(=O)Nc2ccccc2)nc(Nc2ccccc2O)n1)C(C)(C)C. The summed E-state index contributed by atoms with van der Waals surface area (Å²) in [6.07, 6.45) is 1.98. The number of hydrogen-bond acceptors (Lipinski definition) is 6. The van der Waals surface area contributed by atoms with Gasteiger partial charge in [0.25, 0.3) is 5.91 Å². The Morgan fingerprint density at radius 3 is 2.38 bits per heavy atom. The van der Waals surface area contributed by atoms with Gasteiger partial charge >= 0.3 is 0 Å². The van der Waals surface area contributed by atoms with Crippen molar-refractivity contribution in [3.05, 3.63) is 66.4 Å². The number of rotatable bonds is 8. The van der Waals surface area contributed by atoms with E-state index in [-0.39, 0.29) is 34.8 Å². The first kappa shape index (κ1) is 23.1. The van der Waals surface area contributed by atoms with Crippen molar-refractivity contribution in [2.24, 2.45) is 5.41 Å². The summed E-state index contributed by atoms with van der Waals surface area (Å²) in [5.74, 6) is 0.497. The fourth-order valence-electron chi connectivity index (χ4n) is 3.30. The number of benzene rings is 2. The first-order valence-corrected chi connectivity index (χ1v) is 10.8. The fraction of sp³-hybridized carbons (Fsp3) is 0.320. The van der Waals surface area contributed by atoms with Crippen molar-refractivity contribution < 1.29 is 9.90 Å². The van der Waals surface area contributed by atoms with Crippen molar-refractivity contribution in [1.29, 1.82) is 0 Å². The van der Waals surface area contributed by atoms with Crippen molar-refractivity contribution in [3.63, 3.8) is 0 Å². The topological polar surface area (TPSA) is 99.2 Å². The van der Waals surface area contributed by atoms with Crippen molar-refractivity contribution in [1.82, 2.24) is 9.97 Å². The van der Waals surface area contributed by atoms with Crippen LogP contribution in [0.4, 0.5) is 23.1 Å². The maximum atomic E-state index is 12.9. The second-order valence-electron chi connectivity index (χ2n) is 8.78. The molecule has 168 valence electrons. The molecule has 3 aromatic rings. The number of hydrogen-bond donors (Lipinski definition) is 4. The molecule has 1 heterocycles. The Labute approximate surface area is 189 Å². The van der Waals surface area contributed by atoms with E-state index in [1.54, 1.807) is 30.3 Å². The molecule has 0 aliphatic heterocycles. The Hall–Kier alpha value is -3.61. The molecule has 0 fully saturated rings. The van der Waals surface area contributed by atoms with Crippen LogP contribution in [-0.4, -0.2) is 27.0 Å². The summed E-state index contributed by atoms with van der Waals surface area (Å²) in [7, 11) is 0. The number of phenols is 1. The summed E-state index contributed by atoms with van der Waals surface area (Å²) in [5, 5.41) is 19.5. The van der Waals surface area contributed by atoms with Crippen LogP contribution in [-0.2, 0) is 0 Å². The molecule has 0 spiro atoms. The monoisotopic (exact) mass is 433 g/mol. The number of nitrogens with zero attached hydrogens (tertiary/aromatic N) is 2. The molecule has 0 saturated carbocycles. The first-order chi connectivity index (χ1) is 15.3. The van der Waals surface area contributed by atoms with E-state index >= 15 is 0 Å². The molecular weight excluding hydrogens is 402 g/mol. The zero-order valence-corrected chi connectivity index (χ0v) is 19.0. The van der Waals surface area contributed by atoms with Crippen LogP contribution in [0.25, 0.3) is 0 Å². The lowest BCUT2D eigenvalue weighted by Crippen LogP contribution is -2.34. The minimum atomic E-state index is -0.343. The molecule has 0 radical (unpaired) electrons. The number of aromatic nitrogens is 2. The van der Waals surface area contributed by atoms with E-state index in [4.69, 9.17) is 0 Å². The maximum absolute atomic E-state index is 12.9. The van der Waals surface area contributed by atoms with Crippen LogP contribution in [0.2, 0.25) is 0 Å². The molecule has 0 bridgehead atoms. The molecule has 0 saturated heterocycles. The summed E-state index contributed by atoms with van der Waals surface area (Å²) >= 11 is 0.